The molecule has 0 heterocycles. The first-order valence-corrected chi connectivity index (χ1v) is 7.97. The van der Waals surface area contributed by atoms with Crippen molar-refractivity contribution in [3.8, 4) is 0 Å². The number of unbranched alkanes of at least 4 members (excludes halogenated alkanes) is 2. The lowest BCUT2D eigenvalue weighted by atomic mass is 9.89. The standard InChI is InChI=1S/C20H26/c1-2-3-6-13-20(19-14-9-5-10-15-19)17-16-18-11-7-4-8-12-18/h4-5,7-11,14-16,20H,2-3,6,12-13,17H2,1H3/b18-16+. The molecule has 1 aliphatic rings. The zero-order valence-corrected chi connectivity index (χ0v) is 12.6. The van der Waals surface area contributed by atoms with Gasteiger partial charge in [-0.25, -0.2) is 0 Å². The third kappa shape index (κ3) is 4.85. The van der Waals surface area contributed by atoms with E-state index < -0.39 is 0 Å². The summed E-state index contributed by atoms with van der Waals surface area (Å²) in [7, 11) is 0. The highest BCUT2D eigenvalue weighted by molar-refractivity contribution is 5.30. The van der Waals surface area contributed by atoms with Gasteiger partial charge in [0.25, 0.3) is 0 Å². The van der Waals surface area contributed by atoms with Gasteiger partial charge in [-0.2, -0.15) is 0 Å². The summed E-state index contributed by atoms with van der Waals surface area (Å²) in [5.74, 6) is 0.676. The molecule has 0 spiro atoms. The number of rotatable bonds is 7. The van der Waals surface area contributed by atoms with E-state index in [-0.39, 0.29) is 0 Å². The van der Waals surface area contributed by atoms with Crippen LogP contribution >= 0.6 is 0 Å². The smallest absolute Gasteiger partial charge is 0.00975 e. The molecule has 0 bridgehead atoms. The third-order valence-electron chi connectivity index (χ3n) is 4.00. The maximum Gasteiger partial charge on any atom is -0.00975 e. The monoisotopic (exact) mass is 266 g/mol. The second-order valence-electron chi connectivity index (χ2n) is 5.61. The first-order valence-electron chi connectivity index (χ1n) is 7.97. The van der Waals surface area contributed by atoms with Crippen LogP contribution in [-0.4, -0.2) is 0 Å². The van der Waals surface area contributed by atoms with Gasteiger partial charge in [-0.05, 0) is 36.3 Å². The third-order valence-corrected chi connectivity index (χ3v) is 4.00. The van der Waals surface area contributed by atoms with E-state index in [9.17, 15) is 0 Å². The summed E-state index contributed by atoms with van der Waals surface area (Å²) in [5.41, 5.74) is 2.96. The summed E-state index contributed by atoms with van der Waals surface area (Å²) >= 11 is 0. The Balaban J connectivity index is 1.99. The van der Waals surface area contributed by atoms with Crippen LogP contribution in [0.1, 0.15) is 56.9 Å². The number of benzene rings is 1. The molecule has 0 amide bonds. The maximum atomic E-state index is 2.43. The van der Waals surface area contributed by atoms with Gasteiger partial charge in [-0.15, -0.1) is 0 Å². The fourth-order valence-corrected chi connectivity index (χ4v) is 2.76. The zero-order valence-electron chi connectivity index (χ0n) is 12.6. The minimum absolute atomic E-state index is 0.676. The molecule has 0 aliphatic heterocycles. The molecule has 1 aliphatic carbocycles. The Morgan fingerprint density at radius 1 is 1.10 bits per heavy atom. The van der Waals surface area contributed by atoms with Crippen molar-refractivity contribution in [3.63, 3.8) is 0 Å². The molecule has 1 aromatic carbocycles. The van der Waals surface area contributed by atoms with E-state index >= 15 is 0 Å². The highest BCUT2D eigenvalue weighted by atomic mass is 14.1. The van der Waals surface area contributed by atoms with Gasteiger partial charge in [0.1, 0.15) is 0 Å². The van der Waals surface area contributed by atoms with Gasteiger partial charge in [0, 0.05) is 0 Å². The van der Waals surface area contributed by atoms with Crippen molar-refractivity contribution in [1.82, 2.24) is 0 Å². The minimum Gasteiger partial charge on any atom is -0.0804 e. The normalized spacial score (nSPS) is 17.6. The summed E-state index contributed by atoms with van der Waals surface area (Å²) in [6, 6.07) is 11.0. The second-order valence-corrected chi connectivity index (χ2v) is 5.61. The van der Waals surface area contributed by atoms with Crippen LogP contribution in [0.25, 0.3) is 0 Å². The average molecular weight is 266 g/mol. The molecule has 0 N–H and O–H groups in total. The fraction of sp³-hybridized carbons (Fsp3) is 0.400. The van der Waals surface area contributed by atoms with Gasteiger partial charge in [-0.3, -0.25) is 0 Å². The zero-order chi connectivity index (χ0) is 14.0. The van der Waals surface area contributed by atoms with E-state index in [2.05, 4.69) is 67.6 Å². The number of allylic oxidation sites excluding steroid dienone is 6. The lowest BCUT2D eigenvalue weighted by molar-refractivity contribution is 0.569. The lowest BCUT2D eigenvalue weighted by Gasteiger charge is -2.16. The topological polar surface area (TPSA) is 0 Å². The Morgan fingerprint density at radius 2 is 1.95 bits per heavy atom. The predicted molar refractivity (Wildman–Crippen MR) is 88.9 cm³/mol. The van der Waals surface area contributed by atoms with Crippen LogP contribution in [0.3, 0.4) is 0 Å². The molecule has 0 saturated heterocycles. The molecule has 1 unspecified atom stereocenters. The van der Waals surface area contributed by atoms with Crippen molar-refractivity contribution in [1.29, 1.82) is 0 Å². The van der Waals surface area contributed by atoms with E-state index in [1.807, 2.05) is 0 Å². The van der Waals surface area contributed by atoms with E-state index in [0.29, 0.717) is 5.92 Å². The van der Waals surface area contributed by atoms with Gasteiger partial charge in [0.15, 0.2) is 0 Å². The van der Waals surface area contributed by atoms with Crippen molar-refractivity contribution in [3.05, 3.63) is 71.8 Å². The Morgan fingerprint density at radius 3 is 2.65 bits per heavy atom. The Bertz CT molecular complexity index is 462. The highest BCUT2D eigenvalue weighted by Gasteiger charge is 2.10. The predicted octanol–water partition coefficient (Wildman–Crippen LogP) is 6.18. The van der Waals surface area contributed by atoms with Crippen molar-refractivity contribution >= 4 is 0 Å². The second kappa shape index (κ2) is 8.58. The maximum absolute atomic E-state index is 2.43. The largest absolute Gasteiger partial charge is 0.0804 e. The molecule has 0 fully saturated rings. The molecule has 0 aromatic heterocycles. The van der Waals surface area contributed by atoms with Gasteiger partial charge in [0.2, 0.25) is 0 Å². The first kappa shape index (κ1) is 14.8. The van der Waals surface area contributed by atoms with Crippen molar-refractivity contribution < 1.29 is 0 Å². The Kier molecular flexibility index (Phi) is 6.37. The molecule has 0 saturated carbocycles. The van der Waals surface area contributed by atoms with E-state index in [1.54, 1.807) is 0 Å². The summed E-state index contributed by atoms with van der Waals surface area (Å²) in [6.07, 6.45) is 18.7. The molecule has 0 nitrogen and oxygen atoms in total. The van der Waals surface area contributed by atoms with Crippen LogP contribution in [0.2, 0.25) is 0 Å². The van der Waals surface area contributed by atoms with Gasteiger partial charge < -0.3 is 0 Å². The summed E-state index contributed by atoms with van der Waals surface area (Å²) in [4.78, 5) is 0. The van der Waals surface area contributed by atoms with Crippen molar-refractivity contribution in [2.24, 2.45) is 0 Å². The molecule has 2 rings (SSSR count). The van der Waals surface area contributed by atoms with Gasteiger partial charge in [0.05, 0.1) is 0 Å². The van der Waals surface area contributed by atoms with Crippen LogP contribution in [0.5, 0.6) is 0 Å². The lowest BCUT2D eigenvalue weighted by Crippen LogP contribution is -1.98. The minimum atomic E-state index is 0.676. The number of hydrogen-bond donors (Lipinski definition) is 0. The van der Waals surface area contributed by atoms with E-state index in [1.165, 1.54) is 43.2 Å². The quantitative estimate of drug-likeness (QED) is 0.517. The van der Waals surface area contributed by atoms with E-state index in [4.69, 9.17) is 0 Å². The van der Waals surface area contributed by atoms with Crippen LogP contribution < -0.4 is 0 Å². The Labute approximate surface area is 123 Å². The Hall–Kier alpha value is -1.56. The van der Waals surface area contributed by atoms with Gasteiger partial charge in [-0.1, -0.05) is 86.9 Å². The molecular weight excluding hydrogens is 240 g/mol. The van der Waals surface area contributed by atoms with Gasteiger partial charge >= 0.3 is 0 Å². The van der Waals surface area contributed by atoms with Crippen molar-refractivity contribution in [2.75, 3.05) is 0 Å². The summed E-state index contributed by atoms with van der Waals surface area (Å²) in [6.45, 7) is 2.28. The molecular formula is C20H26. The van der Waals surface area contributed by atoms with E-state index in [0.717, 1.165) is 6.42 Å². The van der Waals surface area contributed by atoms with Crippen LogP contribution in [-0.2, 0) is 0 Å². The molecule has 106 valence electrons. The summed E-state index contributed by atoms with van der Waals surface area (Å²) in [5, 5.41) is 0. The SMILES string of the molecule is CCCCCC(C/C=C1\C=CC=CC1)c1ccccc1. The first-order chi connectivity index (χ1) is 9.90. The molecule has 20 heavy (non-hydrogen) atoms. The highest BCUT2D eigenvalue weighted by Crippen LogP contribution is 2.27. The molecule has 0 heteroatoms. The van der Waals surface area contributed by atoms with Crippen molar-refractivity contribution in [2.45, 2.75) is 51.4 Å². The molecule has 1 atom stereocenters. The van der Waals surface area contributed by atoms with Crippen LogP contribution in [0.15, 0.2) is 66.3 Å². The fourth-order valence-electron chi connectivity index (χ4n) is 2.76. The molecule has 0 radical (unpaired) electrons. The van der Waals surface area contributed by atoms with Crippen LogP contribution in [0.4, 0.5) is 0 Å². The number of hydrogen-bond acceptors (Lipinski definition) is 0. The summed E-state index contributed by atoms with van der Waals surface area (Å²) < 4.78 is 0. The molecule has 1 aromatic rings. The average Bonchev–Trinajstić information content (AvgIpc) is 2.52. The van der Waals surface area contributed by atoms with Crippen LogP contribution in [0, 0.1) is 0 Å².